The molecule has 2 atom stereocenters. The van der Waals surface area contributed by atoms with Crippen LogP contribution in [0.15, 0.2) is 48.5 Å². The summed E-state index contributed by atoms with van der Waals surface area (Å²) in [6.07, 6.45) is 1.48. The highest BCUT2D eigenvalue weighted by Crippen LogP contribution is 2.44. The number of nitrogens with one attached hydrogen (secondary N) is 1. The smallest absolute Gasteiger partial charge is 0.407 e. The Labute approximate surface area is 200 Å². The van der Waals surface area contributed by atoms with Crippen molar-refractivity contribution in [3.8, 4) is 11.1 Å². The van der Waals surface area contributed by atoms with Crippen LogP contribution in [0.4, 0.5) is 4.79 Å². The van der Waals surface area contributed by atoms with Crippen LogP contribution in [0.5, 0.6) is 0 Å². The quantitative estimate of drug-likeness (QED) is 0.578. The third-order valence-corrected chi connectivity index (χ3v) is 6.88. The number of nitrogens with zero attached hydrogens (tertiary/aromatic N) is 1. The molecule has 0 aromatic heterocycles. The zero-order valence-electron chi connectivity index (χ0n) is 19.5. The standard InChI is InChI=1S/C27H32N2O5/c1-18(14-25(30)29-13-11-19(16-29)15-26(31)32)10-12-28-27(33)34-17-24-22-8-4-2-6-20(22)21-7-3-5-9-23(21)24/h2-9,18-19,24H,10-17H2,1H3,(H,28,33)(H,31,32). The first-order valence-electron chi connectivity index (χ1n) is 12.0. The van der Waals surface area contributed by atoms with Gasteiger partial charge < -0.3 is 20.1 Å². The first-order chi connectivity index (χ1) is 16.4. The molecule has 34 heavy (non-hydrogen) atoms. The van der Waals surface area contributed by atoms with Crippen molar-refractivity contribution in [3.05, 3.63) is 59.7 Å². The van der Waals surface area contributed by atoms with Crippen molar-refractivity contribution in [1.29, 1.82) is 0 Å². The zero-order valence-corrected chi connectivity index (χ0v) is 19.5. The van der Waals surface area contributed by atoms with Gasteiger partial charge in [0.25, 0.3) is 0 Å². The fourth-order valence-corrected chi connectivity index (χ4v) is 5.07. The molecule has 0 spiro atoms. The average Bonchev–Trinajstić information content (AvgIpc) is 3.40. The van der Waals surface area contributed by atoms with Crippen LogP contribution in [0.3, 0.4) is 0 Å². The van der Waals surface area contributed by atoms with E-state index in [1.54, 1.807) is 4.90 Å². The number of likely N-dealkylation sites (tertiary alicyclic amines) is 1. The van der Waals surface area contributed by atoms with Crippen LogP contribution in [0, 0.1) is 11.8 Å². The fraction of sp³-hybridized carbons (Fsp3) is 0.444. The topological polar surface area (TPSA) is 95.9 Å². The van der Waals surface area contributed by atoms with Crippen LogP contribution >= 0.6 is 0 Å². The van der Waals surface area contributed by atoms with Gasteiger partial charge in [-0.1, -0.05) is 55.5 Å². The number of carboxylic acid groups (broad SMARTS) is 1. The van der Waals surface area contributed by atoms with Crippen molar-refractivity contribution in [1.82, 2.24) is 10.2 Å². The maximum absolute atomic E-state index is 12.5. The van der Waals surface area contributed by atoms with Gasteiger partial charge in [0, 0.05) is 38.4 Å². The Morgan fingerprint density at radius 1 is 1.09 bits per heavy atom. The molecule has 4 rings (SSSR count). The SMILES string of the molecule is CC(CCNC(=O)OCC1c2ccccc2-c2ccccc21)CC(=O)N1CCC(CC(=O)O)C1. The third-order valence-electron chi connectivity index (χ3n) is 6.88. The lowest BCUT2D eigenvalue weighted by Gasteiger charge is -2.19. The Hall–Kier alpha value is -3.35. The molecule has 1 fully saturated rings. The molecule has 1 aliphatic carbocycles. The molecule has 2 unspecified atom stereocenters. The molecule has 0 radical (unpaired) electrons. The van der Waals surface area contributed by atoms with Gasteiger partial charge in [0.15, 0.2) is 0 Å². The lowest BCUT2D eigenvalue weighted by Crippen LogP contribution is -2.31. The van der Waals surface area contributed by atoms with Gasteiger partial charge in [-0.15, -0.1) is 0 Å². The molecule has 1 saturated heterocycles. The lowest BCUT2D eigenvalue weighted by molar-refractivity contribution is -0.138. The number of carbonyl (C=O) groups excluding carboxylic acids is 2. The predicted molar refractivity (Wildman–Crippen MR) is 128 cm³/mol. The minimum atomic E-state index is -0.813. The molecule has 2 aromatic rings. The molecule has 0 saturated carbocycles. The summed E-state index contributed by atoms with van der Waals surface area (Å²) >= 11 is 0. The number of hydrogen-bond acceptors (Lipinski definition) is 4. The Bertz CT molecular complexity index is 1010. The second-order valence-corrected chi connectivity index (χ2v) is 9.44. The minimum Gasteiger partial charge on any atom is -0.481 e. The molecule has 2 amide bonds. The van der Waals surface area contributed by atoms with Crippen molar-refractivity contribution in [3.63, 3.8) is 0 Å². The van der Waals surface area contributed by atoms with Gasteiger partial charge >= 0.3 is 12.1 Å². The number of aliphatic carboxylic acids is 1. The monoisotopic (exact) mass is 464 g/mol. The van der Waals surface area contributed by atoms with Gasteiger partial charge in [-0.3, -0.25) is 9.59 Å². The van der Waals surface area contributed by atoms with E-state index in [2.05, 4.69) is 29.6 Å². The molecule has 1 heterocycles. The van der Waals surface area contributed by atoms with Crippen molar-refractivity contribution in [2.45, 2.75) is 38.5 Å². The number of carbonyl (C=O) groups is 3. The van der Waals surface area contributed by atoms with E-state index in [1.807, 2.05) is 31.2 Å². The van der Waals surface area contributed by atoms with E-state index in [-0.39, 0.29) is 36.7 Å². The Kier molecular flexibility index (Phi) is 7.50. The summed E-state index contributed by atoms with van der Waals surface area (Å²) in [5.41, 5.74) is 4.74. The Morgan fingerprint density at radius 3 is 2.38 bits per heavy atom. The van der Waals surface area contributed by atoms with E-state index in [0.29, 0.717) is 32.5 Å². The minimum absolute atomic E-state index is 0.0279. The number of ether oxygens (including phenoxy) is 1. The van der Waals surface area contributed by atoms with Crippen molar-refractivity contribution >= 4 is 18.0 Å². The number of amides is 2. The highest BCUT2D eigenvalue weighted by atomic mass is 16.5. The van der Waals surface area contributed by atoms with Crippen molar-refractivity contribution in [2.24, 2.45) is 11.8 Å². The zero-order chi connectivity index (χ0) is 24.1. The van der Waals surface area contributed by atoms with E-state index in [0.717, 1.165) is 6.42 Å². The molecule has 0 bridgehead atoms. The van der Waals surface area contributed by atoms with Gasteiger partial charge in [-0.25, -0.2) is 4.79 Å². The van der Waals surface area contributed by atoms with E-state index < -0.39 is 12.1 Å². The van der Waals surface area contributed by atoms with Crippen molar-refractivity contribution in [2.75, 3.05) is 26.2 Å². The highest BCUT2D eigenvalue weighted by Gasteiger charge is 2.30. The number of carboxylic acids is 1. The maximum atomic E-state index is 12.5. The molecular formula is C27H32N2O5. The summed E-state index contributed by atoms with van der Waals surface area (Å²) < 4.78 is 5.55. The Morgan fingerprint density at radius 2 is 1.74 bits per heavy atom. The highest BCUT2D eigenvalue weighted by molar-refractivity contribution is 5.79. The molecule has 7 heteroatoms. The summed E-state index contributed by atoms with van der Waals surface area (Å²) in [4.78, 5) is 37.4. The molecule has 2 aromatic carbocycles. The van der Waals surface area contributed by atoms with Crippen molar-refractivity contribution < 1.29 is 24.2 Å². The van der Waals surface area contributed by atoms with Crippen LogP contribution in [0.1, 0.15) is 49.7 Å². The van der Waals surface area contributed by atoms with Crippen LogP contribution < -0.4 is 5.32 Å². The molecule has 2 aliphatic rings. The number of benzene rings is 2. The summed E-state index contributed by atoms with van der Waals surface area (Å²) in [6.45, 7) is 3.85. The normalized spacial score (nSPS) is 17.7. The first kappa shape index (κ1) is 23.8. The second kappa shape index (κ2) is 10.7. The van der Waals surface area contributed by atoms with E-state index in [4.69, 9.17) is 9.84 Å². The molecular weight excluding hydrogens is 432 g/mol. The molecule has 1 aliphatic heterocycles. The van der Waals surface area contributed by atoms with Gasteiger partial charge in [0.1, 0.15) is 6.61 Å². The average molecular weight is 465 g/mol. The third kappa shape index (κ3) is 5.58. The largest absolute Gasteiger partial charge is 0.481 e. The molecule has 2 N–H and O–H groups in total. The van der Waals surface area contributed by atoms with Gasteiger partial charge in [-0.05, 0) is 46.9 Å². The van der Waals surface area contributed by atoms with E-state index >= 15 is 0 Å². The maximum Gasteiger partial charge on any atom is 0.407 e. The van der Waals surface area contributed by atoms with E-state index in [9.17, 15) is 14.4 Å². The summed E-state index contributed by atoms with van der Waals surface area (Å²) in [5, 5.41) is 11.7. The van der Waals surface area contributed by atoms with E-state index in [1.165, 1.54) is 22.3 Å². The lowest BCUT2D eigenvalue weighted by atomic mass is 9.98. The van der Waals surface area contributed by atoms with Crippen LogP contribution in [-0.2, 0) is 14.3 Å². The molecule has 180 valence electrons. The number of hydrogen-bond donors (Lipinski definition) is 2. The van der Waals surface area contributed by atoms with Gasteiger partial charge in [-0.2, -0.15) is 0 Å². The predicted octanol–water partition coefficient (Wildman–Crippen LogP) is 4.26. The fourth-order valence-electron chi connectivity index (χ4n) is 5.07. The second-order valence-electron chi connectivity index (χ2n) is 9.44. The van der Waals surface area contributed by atoms with Gasteiger partial charge in [0.2, 0.25) is 5.91 Å². The van der Waals surface area contributed by atoms with Crippen LogP contribution in [-0.4, -0.2) is 54.2 Å². The number of alkyl carbamates (subject to hydrolysis) is 1. The van der Waals surface area contributed by atoms with Crippen LogP contribution in [0.25, 0.3) is 11.1 Å². The number of fused-ring (bicyclic) bond motifs is 3. The van der Waals surface area contributed by atoms with Crippen LogP contribution in [0.2, 0.25) is 0 Å². The Balaban J connectivity index is 1.18. The summed E-state index contributed by atoms with van der Waals surface area (Å²) in [6, 6.07) is 16.4. The molecule has 7 nitrogen and oxygen atoms in total. The number of rotatable bonds is 9. The summed E-state index contributed by atoms with van der Waals surface area (Å²) in [5.74, 6) is -0.569. The van der Waals surface area contributed by atoms with Gasteiger partial charge in [0.05, 0.1) is 0 Å². The first-order valence-corrected chi connectivity index (χ1v) is 12.0. The summed E-state index contributed by atoms with van der Waals surface area (Å²) in [7, 11) is 0.